The van der Waals surface area contributed by atoms with Crippen LogP contribution in [0.5, 0.6) is 0 Å². The van der Waals surface area contributed by atoms with Crippen LogP contribution in [-0.4, -0.2) is 56.6 Å². The molecule has 0 aliphatic rings. The summed E-state index contributed by atoms with van der Waals surface area (Å²) in [6.07, 6.45) is 0. The highest BCUT2D eigenvalue weighted by Gasteiger charge is 2.16. The number of carboxylic acids is 1. The van der Waals surface area contributed by atoms with Crippen molar-refractivity contribution in [3.8, 4) is 0 Å². The largest absolute Gasteiger partial charge is 0.478 e. The summed E-state index contributed by atoms with van der Waals surface area (Å²) < 4.78 is 11.9. The first-order valence-corrected chi connectivity index (χ1v) is 8.62. The number of carbonyl (C=O) groups excluding carboxylic acids is 2. The number of aromatic carboxylic acids is 1. The Labute approximate surface area is 137 Å². The van der Waals surface area contributed by atoms with E-state index < -0.39 is 22.7 Å². The zero-order valence-electron chi connectivity index (χ0n) is 13.1. The molecule has 1 atom stereocenters. The third kappa shape index (κ3) is 6.19. The molecule has 0 fully saturated rings. The maximum Gasteiger partial charge on any atom is 0.335 e. The van der Waals surface area contributed by atoms with Crippen molar-refractivity contribution >= 4 is 34.3 Å². The molecule has 0 saturated carbocycles. The summed E-state index contributed by atoms with van der Waals surface area (Å²) >= 11 is 0. The maximum atomic E-state index is 11.9. The van der Waals surface area contributed by atoms with Gasteiger partial charge in [-0.25, -0.2) is 4.79 Å². The van der Waals surface area contributed by atoms with Crippen LogP contribution in [0, 0.1) is 0 Å². The number of benzene rings is 1. The minimum Gasteiger partial charge on any atom is -0.478 e. The van der Waals surface area contributed by atoms with E-state index in [1.54, 1.807) is 4.90 Å². The molecule has 0 bridgehead atoms. The average Bonchev–Trinajstić information content (AvgIpc) is 2.48. The lowest BCUT2D eigenvalue weighted by molar-refractivity contribution is -0.128. The second-order valence-electron chi connectivity index (χ2n) is 4.73. The number of amides is 2. The summed E-state index contributed by atoms with van der Waals surface area (Å²) in [4.78, 5) is 35.9. The molecule has 0 aliphatic heterocycles. The van der Waals surface area contributed by atoms with E-state index in [1.165, 1.54) is 24.3 Å². The van der Waals surface area contributed by atoms with Crippen LogP contribution in [0.1, 0.15) is 24.2 Å². The van der Waals surface area contributed by atoms with E-state index in [4.69, 9.17) is 5.11 Å². The molecular formula is C15H20N2O5S. The molecule has 0 spiro atoms. The molecule has 7 nitrogen and oxygen atoms in total. The van der Waals surface area contributed by atoms with Crippen molar-refractivity contribution in [3.05, 3.63) is 29.8 Å². The molecule has 0 radical (unpaired) electrons. The Morgan fingerprint density at radius 3 is 2.13 bits per heavy atom. The summed E-state index contributed by atoms with van der Waals surface area (Å²) in [5.74, 6) is -2.26. The van der Waals surface area contributed by atoms with Gasteiger partial charge in [-0.1, -0.05) is 0 Å². The lowest BCUT2D eigenvalue weighted by atomic mass is 10.2. The van der Waals surface area contributed by atoms with Crippen LogP contribution in [0.15, 0.2) is 24.3 Å². The van der Waals surface area contributed by atoms with Crippen LogP contribution in [-0.2, 0) is 20.4 Å². The lowest BCUT2D eigenvalue weighted by Gasteiger charge is -2.18. The van der Waals surface area contributed by atoms with Crippen molar-refractivity contribution in [3.63, 3.8) is 0 Å². The fraction of sp³-hybridized carbons (Fsp3) is 0.400. The second-order valence-corrected chi connectivity index (χ2v) is 6.18. The molecule has 0 heterocycles. The van der Waals surface area contributed by atoms with Crippen LogP contribution in [0.25, 0.3) is 0 Å². The summed E-state index contributed by atoms with van der Waals surface area (Å²) in [5, 5.41) is 11.3. The van der Waals surface area contributed by atoms with Gasteiger partial charge in [-0.15, -0.1) is 0 Å². The molecular weight excluding hydrogens is 320 g/mol. The zero-order chi connectivity index (χ0) is 17.4. The van der Waals surface area contributed by atoms with Gasteiger partial charge in [0.25, 0.3) is 0 Å². The molecule has 23 heavy (non-hydrogen) atoms. The molecule has 1 unspecified atom stereocenters. The highest BCUT2D eigenvalue weighted by Crippen LogP contribution is 2.09. The number of hydrogen-bond donors (Lipinski definition) is 2. The molecule has 1 aromatic rings. The topological polar surface area (TPSA) is 104 Å². The summed E-state index contributed by atoms with van der Waals surface area (Å²) in [6, 6.07) is 5.62. The molecule has 0 saturated heterocycles. The van der Waals surface area contributed by atoms with Gasteiger partial charge in [0.15, 0.2) is 0 Å². The van der Waals surface area contributed by atoms with Crippen molar-refractivity contribution in [2.45, 2.75) is 13.8 Å². The van der Waals surface area contributed by atoms with Gasteiger partial charge >= 0.3 is 5.97 Å². The van der Waals surface area contributed by atoms with Crippen LogP contribution < -0.4 is 5.32 Å². The van der Waals surface area contributed by atoms with Gasteiger partial charge in [-0.05, 0) is 38.1 Å². The number of carbonyl (C=O) groups is 3. The standard InChI is InChI=1S/C15H20N2O5S/c1-3-17(4-2)14(19)10-23(22)9-13(18)16-12-7-5-11(6-8-12)15(20)21/h5-8H,3-4,9-10H2,1-2H3,(H,16,18)(H,20,21). The minimum absolute atomic E-state index is 0.108. The van der Waals surface area contributed by atoms with Gasteiger partial charge in [0.1, 0.15) is 11.5 Å². The minimum atomic E-state index is -1.59. The Hall–Kier alpha value is -2.22. The van der Waals surface area contributed by atoms with E-state index in [1.807, 2.05) is 13.8 Å². The SMILES string of the molecule is CCN(CC)C(=O)CS(=O)CC(=O)Nc1ccc(C(=O)O)cc1. The third-order valence-electron chi connectivity index (χ3n) is 3.11. The molecule has 1 rings (SSSR count). The van der Waals surface area contributed by atoms with Gasteiger partial charge in [-0.3, -0.25) is 13.8 Å². The van der Waals surface area contributed by atoms with Gasteiger partial charge < -0.3 is 15.3 Å². The Morgan fingerprint density at radius 2 is 1.65 bits per heavy atom. The van der Waals surface area contributed by atoms with Crippen molar-refractivity contribution in [1.82, 2.24) is 4.90 Å². The number of rotatable bonds is 8. The monoisotopic (exact) mass is 340 g/mol. The number of nitrogens with one attached hydrogen (secondary N) is 1. The van der Waals surface area contributed by atoms with Crippen molar-refractivity contribution in [2.24, 2.45) is 0 Å². The molecule has 8 heteroatoms. The quantitative estimate of drug-likeness (QED) is 0.733. The highest BCUT2D eigenvalue weighted by molar-refractivity contribution is 7.86. The molecule has 126 valence electrons. The smallest absolute Gasteiger partial charge is 0.335 e. The van der Waals surface area contributed by atoms with E-state index in [2.05, 4.69) is 5.32 Å². The van der Waals surface area contributed by atoms with Gasteiger partial charge in [0.05, 0.1) is 5.56 Å². The summed E-state index contributed by atoms with van der Waals surface area (Å²) in [7, 11) is -1.59. The fourth-order valence-electron chi connectivity index (χ4n) is 1.90. The van der Waals surface area contributed by atoms with Crippen molar-refractivity contribution in [1.29, 1.82) is 0 Å². The Morgan fingerprint density at radius 1 is 1.09 bits per heavy atom. The van der Waals surface area contributed by atoms with Gasteiger partial charge in [0, 0.05) is 29.6 Å². The Kier molecular flexibility index (Phi) is 7.40. The Balaban J connectivity index is 2.51. The number of carboxylic acid groups (broad SMARTS) is 1. The van der Waals surface area contributed by atoms with Gasteiger partial charge in [-0.2, -0.15) is 0 Å². The van der Waals surface area contributed by atoms with Crippen molar-refractivity contribution < 1.29 is 23.7 Å². The van der Waals surface area contributed by atoms with Crippen molar-refractivity contribution in [2.75, 3.05) is 29.9 Å². The molecule has 0 aliphatic carbocycles. The number of nitrogens with zero attached hydrogens (tertiary/aromatic N) is 1. The fourth-order valence-corrected chi connectivity index (χ4v) is 2.82. The van der Waals surface area contributed by atoms with Crippen LogP contribution >= 0.6 is 0 Å². The van der Waals surface area contributed by atoms with Crippen LogP contribution in [0.4, 0.5) is 5.69 Å². The molecule has 0 aromatic heterocycles. The second kappa shape index (κ2) is 9.04. The van der Waals surface area contributed by atoms with E-state index in [0.29, 0.717) is 18.8 Å². The molecule has 2 N–H and O–H groups in total. The number of hydrogen-bond acceptors (Lipinski definition) is 4. The zero-order valence-corrected chi connectivity index (χ0v) is 13.9. The molecule has 1 aromatic carbocycles. The number of anilines is 1. The van der Waals surface area contributed by atoms with Gasteiger partial charge in [0.2, 0.25) is 11.8 Å². The average molecular weight is 340 g/mol. The normalized spacial score (nSPS) is 11.6. The first-order valence-electron chi connectivity index (χ1n) is 7.13. The first kappa shape index (κ1) is 18.8. The van der Waals surface area contributed by atoms with E-state index >= 15 is 0 Å². The third-order valence-corrected chi connectivity index (χ3v) is 4.26. The van der Waals surface area contributed by atoms with E-state index in [0.717, 1.165) is 0 Å². The van der Waals surface area contributed by atoms with E-state index in [9.17, 15) is 18.6 Å². The first-order chi connectivity index (χ1) is 10.9. The van der Waals surface area contributed by atoms with E-state index in [-0.39, 0.29) is 23.0 Å². The van der Waals surface area contributed by atoms with Crippen LogP contribution in [0.2, 0.25) is 0 Å². The maximum absolute atomic E-state index is 11.9. The summed E-state index contributed by atoms with van der Waals surface area (Å²) in [6.45, 7) is 4.74. The predicted molar refractivity (Wildman–Crippen MR) is 87.8 cm³/mol. The highest BCUT2D eigenvalue weighted by atomic mass is 32.2. The van der Waals surface area contributed by atoms with Crippen LogP contribution in [0.3, 0.4) is 0 Å². The molecule has 2 amide bonds. The predicted octanol–water partition coefficient (Wildman–Crippen LogP) is 0.940. The summed E-state index contributed by atoms with van der Waals surface area (Å²) in [5.41, 5.74) is 0.517. The Bertz CT molecular complexity index is 596. The lowest BCUT2D eigenvalue weighted by Crippen LogP contribution is -2.35.